The molecule has 3 heterocycles. The van der Waals surface area contributed by atoms with Gasteiger partial charge in [-0.1, -0.05) is 13.8 Å². The van der Waals surface area contributed by atoms with Crippen LogP contribution in [0.25, 0.3) is 11.6 Å². The molecule has 2 aromatic rings. The van der Waals surface area contributed by atoms with Gasteiger partial charge >= 0.3 is 0 Å². The zero-order chi connectivity index (χ0) is 23.7. The second kappa shape index (κ2) is 9.19. The standard InChI is InChI=1S/C24H28FN5O3/c1-4-29(5-2)8-9-30-7-6-18-21(24(30)33)14(3)19(27-18)12-17-16-10-15(25)11-20(26-13-31)22(16)28-23(17)32/h10-13,27H,4-9H2,1-3H3,(H,26,31)(H,28,32)/b17-12-. The number of hydrogen-bond acceptors (Lipinski definition) is 4. The summed E-state index contributed by atoms with van der Waals surface area (Å²) < 4.78 is 14.1. The van der Waals surface area contributed by atoms with Gasteiger partial charge in [0.15, 0.2) is 0 Å². The number of aromatic nitrogens is 1. The predicted octanol–water partition coefficient (Wildman–Crippen LogP) is 2.86. The highest BCUT2D eigenvalue weighted by atomic mass is 19.1. The molecule has 0 bridgehead atoms. The monoisotopic (exact) mass is 453 g/mol. The van der Waals surface area contributed by atoms with Gasteiger partial charge in [-0.15, -0.1) is 0 Å². The molecule has 0 aliphatic carbocycles. The van der Waals surface area contributed by atoms with E-state index in [2.05, 4.69) is 34.4 Å². The molecule has 4 rings (SSSR count). The van der Waals surface area contributed by atoms with Crippen molar-refractivity contribution in [2.24, 2.45) is 0 Å². The van der Waals surface area contributed by atoms with Crippen LogP contribution in [-0.2, 0) is 16.0 Å². The molecule has 9 heteroatoms. The summed E-state index contributed by atoms with van der Waals surface area (Å²) >= 11 is 0. The van der Waals surface area contributed by atoms with E-state index < -0.39 is 11.7 Å². The summed E-state index contributed by atoms with van der Waals surface area (Å²) in [6.45, 7) is 10.1. The van der Waals surface area contributed by atoms with Crippen LogP contribution >= 0.6 is 0 Å². The lowest BCUT2D eigenvalue weighted by Gasteiger charge is -2.29. The minimum atomic E-state index is -0.568. The van der Waals surface area contributed by atoms with Gasteiger partial charge in [-0.25, -0.2) is 4.39 Å². The van der Waals surface area contributed by atoms with E-state index in [1.54, 1.807) is 6.08 Å². The van der Waals surface area contributed by atoms with Gasteiger partial charge in [0, 0.05) is 43.0 Å². The highest BCUT2D eigenvalue weighted by molar-refractivity contribution is 6.36. The fraction of sp³-hybridized carbons (Fsp3) is 0.375. The van der Waals surface area contributed by atoms with Crippen LogP contribution in [0.3, 0.4) is 0 Å². The van der Waals surface area contributed by atoms with E-state index in [-0.39, 0.29) is 17.2 Å². The van der Waals surface area contributed by atoms with E-state index in [1.807, 2.05) is 11.8 Å². The molecule has 0 saturated carbocycles. The minimum absolute atomic E-state index is 0.0124. The highest BCUT2D eigenvalue weighted by Gasteiger charge is 2.31. The van der Waals surface area contributed by atoms with E-state index >= 15 is 0 Å². The molecule has 0 unspecified atom stereocenters. The number of fused-ring (bicyclic) bond motifs is 2. The van der Waals surface area contributed by atoms with Crippen molar-refractivity contribution >= 4 is 41.2 Å². The van der Waals surface area contributed by atoms with Crippen molar-refractivity contribution in [1.29, 1.82) is 0 Å². The lowest BCUT2D eigenvalue weighted by atomic mass is 10.0. The first-order valence-corrected chi connectivity index (χ1v) is 11.2. The summed E-state index contributed by atoms with van der Waals surface area (Å²) in [6, 6.07) is 2.41. The Balaban J connectivity index is 1.65. The normalized spacial score (nSPS) is 16.3. The molecule has 0 saturated heterocycles. The molecular weight excluding hydrogens is 425 g/mol. The second-order valence-corrected chi connectivity index (χ2v) is 8.24. The Morgan fingerprint density at radius 1 is 1.24 bits per heavy atom. The molecular formula is C24H28FN5O3. The van der Waals surface area contributed by atoms with Crippen molar-refractivity contribution in [3.63, 3.8) is 0 Å². The van der Waals surface area contributed by atoms with Gasteiger partial charge < -0.3 is 25.4 Å². The maximum atomic E-state index is 14.1. The quantitative estimate of drug-likeness (QED) is 0.423. The van der Waals surface area contributed by atoms with Gasteiger partial charge in [0.1, 0.15) is 5.82 Å². The van der Waals surface area contributed by atoms with Crippen molar-refractivity contribution in [1.82, 2.24) is 14.8 Å². The molecule has 2 aliphatic heterocycles. The first-order valence-electron chi connectivity index (χ1n) is 11.2. The van der Waals surface area contributed by atoms with Crippen LogP contribution < -0.4 is 10.6 Å². The van der Waals surface area contributed by atoms with Crippen LogP contribution in [0.2, 0.25) is 0 Å². The van der Waals surface area contributed by atoms with E-state index in [0.717, 1.165) is 37.0 Å². The van der Waals surface area contributed by atoms with Crippen molar-refractivity contribution in [3.8, 4) is 0 Å². The number of benzene rings is 1. The molecule has 3 amide bonds. The largest absolute Gasteiger partial charge is 0.358 e. The molecule has 0 fully saturated rings. The van der Waals surface area contributed by atoms with Crippen molar-refractivity contribution in [2.75, 3.05) is 43.4 Å². The number of hydrogen-bond donors (Lipinski definition) is 3. The fourth-order valence-corrected chi connectivity index (χ4v) is 4.54. The maximum Gasteiger partial charge on any atom is 0.256 e. The third-order valence-corrected chi connectivity index (χ3v) is 6.46. The van der Waals surface area contributed by atoms with Crippen LogP contribution in [-0.4, -0.2) is 65.7 Å². The number of H-pyrrole nitrogens is 1. The number of nitrogens with zero attached hydrogens (tertiary/aromatic N) is 2. The molecule has 1 aromatic heterocycles. The van der Waals surface area contributed by atoms with E-state index in [1.165, 1.54) is 6.07 Å². The molecule has 0 spiro atoms. The van der Waals surface area contributed by atoms with E-state index in [9.17, 15) is 18.8 Å². The molecule has 0 atom stereocenters. The third-order valence-electron chi connectivity index (χ3n) is 6.46. The first-order chi connectivity index (χ1) is 15.9. The van der Waals surface area contributed by atoms with Crippen LogP contribution in [0.5, 0.6) is 0 Å². The molecule has 2 aliphatic rings. The van der Waals surface area contributed by atoms with Crippen molar-refractivity contribution < 1.29 is 18.8 Å². The average molecular weight is 454 g/mol. The number of anilines is 2. The minimum Gasteiger partial charge on any atom is -0.358 e. The zero-order valence-corrected chi connectivity index (χ0v) is 19.0. The Labute approximate surface area is 191 Å². The van der Waals surface area contributed by atoms with Crippen molar-refractivity contribution in [2.45, 2.75) is 27.2 Å². The Morgan fingerprint density at radius 2 is 2.00 bits per heavy atom. The Hall–Kier alpha value is -3.46. The number of likely N-dealkylation sites (N-methyl/N-ethyl adjacent to an activating group) is 1. The SMILES string of the molecule is CCN(CC)CCN1CCc2[nH]c(/C=C3\C(=O)Nc4c(NC=O)cc(F)cc43)c(C)c2C1=O. The van der Waals surface area contributed by atoms with E-state index in [0.29, 0.717) is 48.4 Å². The number of carbonyl (C=O) groups excluding carboxylic acids is 3. The maximum absolute atomic E-state index is 14.1. The zero-order valence-electron chi connectivity index (χ0n) is 19.0. The Kier molecular flexibility index (Phi) is 6.33. The number of carbonyl (C=O) groups is 3. The number of rotatable bonds is 8. The first kappa shape index (κ1) is 22.7. The summed E-state index contributed by atoms with van der Waals surface area (Å²) in [5.41, 5.74) is 4.09. The molecule has 0 radical (unpaired) electrons. The second-order valence-electron chi connectivity index (χ2n) is 8.24. The smallest absolute Gasteiger partial charge is 0.256 e. The van der Waals surface area contributed by atoms with Gasteiger partial charge in [0.25, 0.3) is 11.8 Å². The number of halogens is 1. The predicted molar refractivity (Wildman–Crippen MR) is 126 cm³/mol. The van der Waals surface area contributed by atoms with Gasteiger partial charge in [0.05, 0.1) is 22.5 Å². The molecule has 33 heavy (non-hydrogen) atoms. The van der Waals surface area contributed by atoms with Crippen LogP contribution in [0.1, 0.15) is 46.7 Å². The topological polar surface area (TPSA) is 97.5 Å². The Bertz CT molecular complexity index is 1150. The summed E-state index contributed by atoms with van der Waals surface area (Å²) in [5.74, 6) is -0.979. The summed E-state index contributed by atoms with van der Waals surface area (Å²) in [4.78, 5) is 44.2. The van der Waals surface area contributed by atoms with Gasteiger partial charge in [-0.3, -0.25) is 14.4 Å². The van der Waals surface area contributed by atoms with Gasteiger partial charge in [-0.05, 0) is 43.8 Å². The number of nitrogens with one attached hydrogen (secondary N) is 3. The van der Waals surface area contributed by atoms with E-state index in [4.69, 9.17) is 0 Å². The van der Waals surface area contributed by atoms with Crippen LogP contribution in [0, 0.1) is 12.7 Å². The molecule has 174 valence electrons. The highest BCUT2D eigenvalue weighted by Crippen LogP contribution is 2.39. The summed E-state index contributed by atoms with van der Waals surface area (Å²) in [6.07, 6.45) is 2.78. The number of amides is 3. The average Bonchev–Trinajstić information content (AvgIpc) is 3.28. The van der Waals surface area contributed by atoms with Crippen molar-refractivity contribution in [3.05, 3.63) is 46.0 Å². The fourth-order valence-electron chi connectivity index (χ4n) is 4.54. The summed E-state index contributed by atoms with van der Waals surface area (Å²) in [7, 11) is 0. The molecule has 8 nitrogen and oxygen atoms in total. The molecule has 1 aromatic carbocycles. The summed E-state index contributed by atoms with van der Waals surface area (Å²) in [5, 5.41) is 5.11. The third kappa shape index (κ3) is 4.16. The van der Waals surface area contributed by atoms with Gasteiger partial charge in [0.2, 0.25) is 6.41 Å². The van der Waals surface area contributed by atoms with Crippen LogP contribution in [0.4, 0.5) is 15.8 Å². The van der Waals surface area contributed by atoms with Crippen LogP contribution in [0.15, 0.2) is 12.1 Å². The lowest BCUT2D eigenvalue weighted by Crippen LogP contribution is -2.42. The Morgan fingerprint density at radius 3 is 2.70 bits per heavy atom. The molecule has 3 N–H and O–H groups in total. The lowest BCUT2D eigenvalue weighted by molar-refractivity contribution is -0.110. The number of aromatic amines is 1. The van der Waals surface area contributed by atoms with Gasteiger partial charge in [-0.2, -0.15) is 0 Å².